The predicted molar refractivity (Wildman–Crippen MR) is 131 cm³/mol. The molecule has 4 rings (SSSR count). The Hall–Kier alpha value is -3.53. The number of nitrogens with zero attached hydrogens (tertiary/aromatic N) is 3. The fourth-order valence-electron chi connectivity index (χ4n) is 3.75. The lowest BCUT2D eigenvalue weighted by Gasteiger charge is -2.20. The van der Waals surface area contributed by atoms with E-state index in [1.165, 1.54) is 5.69 Å². The maximum Gasteiger partial charge on any atom is 0.227 e. The molecule has 3 aromatic carbocycles. The van der Waals surface area contributed by atoms with Crippen LogP contribution >= 0.6 is 0 Å². The van der Waals surface area contributed by atoms with Gasteiger partial charge in [-0.2, -0.15) is 0 Å². The maximum atomic E-state index is 6.34. The van der Waals surface area contributed by atoms with Crippen LogP contribution in [0.4, 0.5) is 11.4 Å². The summed E-state index contributed by atoms with van der Waals surface area (Å²) in [6.45, 7) is 6.32. The van der Waals surface area contributed by atoms with E-state index in [1.807, 2.05) is 32.3 Å². The zero-order valence-electron chi connectivity index (χ0n) is 18.7. The van der Waals surface area contributed by atoms with Crippen molar-refractivity contribution in [3.05, 3.63) is 78.9 Å². The van der Waals surface area contributed by atoms with Crippen LogP contribution in [-0.4, -0.2) is 32.2 Å². The number of aromatic nitrogens is 1. The molecular weight excluding hydrogens is 382 g/mol. The molecule has 0 amide bonds. The Morgan fingerprint density at radius 2 is 1.26 bits per heavy atom. The number of oxazole rings is 1. The lowest BCUT2D eigenvalue weighted by Crippen LogP contribution is -2.21. The van der Waals surface area contributed by atoms with E-state index in [4.69, 9.17) is 9.40 Å². The van der Waals surface area contributed by atoms with E-state index in [-0.39, 0.29) is 0 Å². The van der Waals surface area contributed by atoms with E-state index in [0.29, 0.717) is 5.89 Å². The molecule has 4 nitrogen and oxygen atoms in total. The van der Waals surface area contributed by atoms with Crippen molar-refractivity contribution in [3.63, 3.8) is 0 Å². The van der Waals surface area contributed by atoms with Crippen LogP contribution in [0.5, 0.6) is 0 Å². The fraction of sp³-hybridized carbons (Fsp3) is 0.222. The molecule has 0 N–H and O–H groups in total. The third-order valence-corrected chi connectivity index (χ3v) is 5.56. The van der Waals surface area contributed by atoms with Crippen LogP contribution in [0.3, 0.4) is 0 Å². The number of benzene rings is 3. The highest BCUT2D eigenvalue weighted by Crippen LogP contribution is 2.36. The fourth-order valence-corrected chi connectivity index (χ4v) is 3.75. The molecule has 0 radical (unpaired) electrons. The van der Waals surface area contributed by atoms with Crippen molar-refractivity contribution in [1.82, 2.24) is 4.98 Å². The largest absolute Gasteiger partial charge is 0.435 e. The Balaban J connectivity index is 1.77. The van der Waals surface area contributed by atoms with Crippen molar-refractivity contribution in [2.75, 3.05) is 37.0 Å². The molecular formula is C27H29N3O. The van der Waals surface area contributed by atoms with Crippen LogP contribution in [0.2, 0.25) is 0 Å². The minimum absolute atomic E-state index is 0.636. The first-order valence-electron chi connectivity index (χ1n) is 10.8. The normalized spacial score (nSPS) is 10.8. The zero-order chi connectivity index (χ0) is 21.8. The second-order valence-corrected chi connectivity index (χ2v) is 7.72. The van der Waals surface area contributed by atoms with Gasteiger partial charge in [-0.15, -0.1) is 0 Å². The third-order valence-electron chi connectivity index (χ3n) is 5.56. The molecule has 0 aliphatic rings. The zero-order valence-corrected chi connectivity index (χ0v) is 18.7. The Bertz CT molecular complexity index is 1110. The van der Waals surface area contributed by atoms with Gasteiger partial charge in [0.25, 0.3) is 0 Å². The molecule has 0 bridgehead atoms. The van der Waals surface area contributed by atoms with E-state index in [9.17, 15) is 0 Å². The molecule has 1 aromatic heterocycles. The van der Waals surface area contributed by atoms with E-state index in [0.717, 1.165) is 46.9 Å². The van der Waals surface area contributed by atoms with Crippen molar-refractivity contribution >= 4 is 11.4 Å². The summed E-state index contributed by atoms with van der Waals surface area (Å²) < 4.78 is 6.34. The molecule has 1 heterocycles. The molecule has 0 spiro atoms. The van der Waals surface area contributed by atoms with Crippen LogP contribution < -0.4 is 9.80 Å². The first-order chi connectivity index (χ1) is 15.1. The van der Waals surface area contributed by atoms with E-state index in [2.05, 4.69) is 84.3 Å². The molecule has 158 valence electrons. The average Bonchev–Trinajstić information content (AvgIpc) is 3.26. The van der Waals surface area contributed by atoms with Gasteiger partial charge in [0.15, 0.2) is 5.76 Å². The quantitative estimate of drug-likeness (QED) is 0.343. The van der Waals surface area contributed by atoms with Crippen LogP contribution in [-0.2, 0) is 0 Å². The van der Waals surface area contributed by atoms with Gasteiger partial charge in [-0.1, -0.05) is 42.5 Å². The molecule has 0 atom stereocenters. The Morgan fingerprint density at radius 1 is 0.677 bits per heavy atom. The SMILES string of the molecule is CCN(CC)c1ccc(-c2nc(-c3ccc(N(C)C)cc3)c(-c3ccccc3)o2)cc1. The van der Waals surface area contributed by atoms with Gasteiger partial charge in [0, 0.05) is 55.2 Å². The molecule has 0 saturated carbocycles. The van der Waals surface area contributed by atoms with Gasteiger partial charge in [0.2, 0.25) is 5.89 Å². The topological polar surface area (TPSA) is 32.5 Å². The molecule has 0 saturated heterocycles. The summed E-state index contributed by atoms with van der Waals surface area (Å²) in [5.41, 5.74) is 6.26. The lowest BCUT2D eigenvalue weighted by molar-refractivity contribution is 0.589. The highest BCUT2D eigenvalue weighted by atomic mass is 16.4. The summed E-state index contributed by atoms with van der Waals surface area (Å²) in [7, 11) is 4.08. The predicted octanol–water partition coefficient (Wildman–Crippen LogP) is 6.59. The van der Waals surface area contributed by atoms with Crippen LogP contribution in [0.15, 0.2) is 83.3 Å². The molecule has 4 heteroatoms. The van der Waals surface area contributed by atoms with Crippen molar-refractivity contribution in [2.24, 2.45) is 0 Å². The van der Waals surface area contributed by atoms with Gasteiger partial charge >= 0.3 is 0 Å². The van der Waals surface area contributed by atoms with Crippen molar-refractivity contribution < 1.29 is 4.42 Å². The monoisotopic (exact) mass is 411 g/mol. The summed E-state index contributed by atoms with van der Waals surface area (Å²) >= 11 is 0. The Labute approximate surface area is 184 Å². The Morgan fingerprint density at radius 3 is 1.84 bits per heavy atom. The van der Waals surface area contributed by atoms with E-state index in [1.54, 1.807) is 0 Å². The van der Waals surface area contributed by atoms with Gasteiger partial charge in [0.1, 0.15) is 5.69 Å². The number of hydrogen-bond donors (Lipinski definition) is 0. The second kappa shape index (κ2) is 9.09. The van der Waals surface area contributed by atoms with Crippen molar-refractivity contribution in [3.8, 4) is 34.0 Å². The second-order valence-electron chi connectivity index (χ2n) is 7.72. The van der Waals surface area contributed by atoms with Gasteiger partial charge < -0.3 is 14.2 Å². The lowest BCUT2D eigenvalue weighted by atomic mass is 10.1. The standard InChI is InChI=1S/C27H29N3O/c1-5-30(6-2)24-18-14-22(15-19-24)27-28-25(20-12-16-23(17-13-20)29(3)4)26(31-27)21-10-8-7-9-11-21/h7-19H,5-6H2,1-4H3. The third kappa shape index (κ3) is 4.33. The van der Waals surface area contributed by atoms with Crippen molar-refractivity contribution in [1.29, 1.82) is 0 Å². The smallest absolute Gasteiger partial charge is 0.227 e. The molecule has 4 aromatic rings. The number of anilines is 2. The highest BCUT2D eigenvalue weighted by Gasteiger charge is 2.18. The highest BCUT2D eigenvalue weighted by molar-refractivity contribution is 5.80. The minimum atomic E-state index is 0.636. The van der Waals surface area contributed by atoms with Crippen LogP contribution in [0.1, 0.15) is 13.8 Å². The van der Waals surface area contributed by atoms with Crippen LogP contribution in [0, 0.1) is 0 Å². The summed E-state index contributed by atoms with van der Waals surface area (Å²) in [5, 5.41) is 0. The first kappa shape index (κ1) is 20.7. The van der Waals surface area contributed by atoms with E-state index < -0.39 is 0 Å². The van der Waals surface area contributed by atoms with Gasteiger partial charge in [0.05, 0.1) is 0 Å². The van der Waals surface area contributed by atoms with Crippen molar-refractivity contribution in [2.45, 2.75) is 13.8 Å². The van der Waals surface area contributed by atoms with Gasteiger partial charge in [-0.3, -0.25) is 0 Å². The molecule has 0 aliphatic carbocycles. The summed E-state index contributed by atoms with van der Waals surface area (Å²) in [4.78, 5) is 9.34. The average molecular weight is 412 g/mol. The van der Waals surface area contributed by atoms with E-state index >= 15 is 0 Å². The van der Waals surface area contributed by atoms with Gasteiger partial charge in [-0.05, 0) is 50.2 Å². The molecule has 0 aliphatic heterocycles. The summed E-state index contributed by atoms with van der Waals surface area (Å²) in [6.07, 6.45) is 0. The Kier molecular flexibility index (Phi) is 6.08. The van der Waals surface area contributed by atoms with Gasteiger partial charge in [-0.25, -0.2) is 4.98 Å². The number of rotatable bonds is 7. The number of hydrogen-bond acceptors (Lipinski definition) is 4. The maximum absolute atomic E-state index is 6.34. The molecule has 0 fully saturated rings. The minimum Gasteiger partial charge on any atom is -0.435 e. The summed E-state index contributed by atoms with van der Waals surface area (Å²) in [6, 6.07) is 27.1. The first-order valence-corrected chi connectivity index (χ1v) is 10.8. The van der Waals surface area contributed by atoms with Crippen LogP contribution in [0.25, 0.3) is 34.0 Å². The summed E-state index contributed by atoms with van der Waals surface area (Å²) in [5.74, 6) is 1.43. The molecule has 31 heavy (non-hydrogen) atoms. The molecule has 0 unspecified atom stereocenters.